The molecule has 1 saturated carbocycles. The highest BCUT2D eigenvalue weighted by Crippen LogP contribution is 2.40. The van der Waals surface area contributed by atoms with Crippen molar-refractivity contribution in [1.29, 1.82) is 0 Å². The van der Waals surface area contributed by atoms with Gasteiger partial charge < -0.3 is 4.74 Å². The van der Waals surface area contributed by atoms with Crippen LogP contribution in [-0.2, 0) is 10.8 Å². The first-order chi connectivity index (χ1) is 20.6. The van der Waals surface area contributed by atoms with Gasteiger partial charge in [0.1, 0.15) is 11.6 Å². The van der Waals surface area contributed by atoms with Crippen LogP contribution < -0.4 is 0 Å². The van der Waals surface area contributed by atoms with Crippen LogP contribution in [0.3, 0.4) is 0 Å². The minimum Gasteiger partial charge on any atom is -0.313 e. The summed E-state index contributed by atoms with van der Waals surface area (Å²) in [6, 6.07) is 16.7. The fourth-order valence-electron chi connectivity index (χ4n) is 5.50. The fraction of sp³-hybridized carbons (Fsp3) is 0.257. The van der Waals surface area contributed by atoms with E-state index in [1.807, 2.05) is 37.3 Å². The molecule has 5 rings (SSSR count). The Balaban J connectivity index is 1.21. The quantitative estimate of drug-likeness (QED) is 0.145. The largest absolute Gasteiger partial charge is 0.386 e. The van der Waals surface area contributed by atoms with Gasteiger partial charge in [-0.3, -0.25) is 0 Å². The predicted molar refractivity (Wildman–Crippen MR) is 153 cm³/mol. The summed E-state index contributed by atoms with van der Waals surface area (Å²) in [5.41, 5.74) is 1.80. The van der Waals surface area contributed by atoms with Gasteiger partial charge in [-0.2, -0.15) is 8.78 Å². The number of allylic oxidation sites excluding steroid dienone is 1. The Morgan fingerprint density at radius 1 is 0.698 bits per heavy atom. The molecule has 0 N–H and O–H groups in total. The van der Waals surface area contributed by atoms with Crippen LogP contribution in [0, 0.1) is 29.1 Å². The van der Waals surface area contributed by atoms with Crippen LogP contribution in [0.15, 0.2) is 78.9 Å². The van der Waals surface area contributed by atoms with Crippen molar-refractivity contribution in [2.24, 2.45) is 0 Å². The van der Waals surface area contributed by atoms with E-state index in [-0.39, 0.29) is 17.0 Å². The number of hydrogen-bond acceptors (Lipinski definition) is 1. The third kappa shape index (κ3) is 6.85. The molecule has 1 aliphatic rings. The monoisotopic (exact) mass is 598 g/mol. The first-order valence-corrected chi connectivity index (χ1v) is 14.1. The van der Waals surface area contributed by atoms with E-state index in [1.165, 1.54) is 18.2 Å². The lowest BCUT2D eigenvalue weighted by atomic mass is 9.82. The smallest absolute Gasteiger partial charge is 0.313 e. The molecule has 0 bridgehead atoms. The van der Waals surface area contributed by atoms with Crippen LogP contribution in [0.4, 0.5) is 30.7 Å². The van der Waals surface area contributed by atoms with Crippen LogP contribution in [-0.4, -0.2) is 6.10 Å². The van der Waals surface area contributed by atoms with Gasteiger partial charge in [0, 0.05) is 5.56 Å². The normalized spacial score (nSPS) is 17.5. The number of halogens is 7. The minimum atomic E-state index is -3.75. The number of rotatable bonds is 8. The second kappa shape index (κ2) is 12.8. The van der Waals surface area contributed by atoms with Crippen molar-refractivity contribution >= 4 is 6.08 Å². The standard InChI is InChI=1S/C35H29F7O/c1-2-3-4-21-5-16-29(31(37)17-21)35(41,42)43-27-13-10-23(11-14-27)22-6-8-24(9-7-22)25-12-15-28(30(36)18-25)26-19-32(38)34(40)33(39)20-26/h3-9,12,15-20,23,27H,2,10-11,13-14H2,1H3/b4-3+. The number of ether oxygens (including phenoxy) is 1. The van der Waals surface area contributed by atoms with Gasteiger partial charge in [-0.25, -0.2) is 22.0 Å². The van der Waals surface area contributed by atoms with Crippen LogP contribution >= 0.6 is 0 Å². The predicted octanol–water partition coefficient (Wildman–Crippen LogP) is 10.9. The third-order valence-electron chi connectivity index (χ3n) is 7.82. The molecular weight excluding hydrogens is 569 g/mol. The molecule has 0 saturated heterocycles. The number of hydrogen-bond donors (Lipinski definition) is 0. The van der Waals surface area contributed by atoms with Crippen LogP contribution in [0.2, 0.25) is 0 Å². The Morgan fingerprint density at radius 3 is 1.93 bits per heavy atom. The lowest BCUT2D eigenvalue weighted by molar-refractivity contribution is -0.278. The van der Waals surface area contributed by atoms with E-state index in [0.29, 0.717) is 42.4 Å². The van der Waals surface area contributed by atoms with Gasteiger partial charge in [0.05, 0.1) is 11.7 Å². The number of alkyl halides is 2. The van der Waals surface area contributed by atoms with Crippen molar-refractivity contribution in [3.8, 4) is 22.3 Å². The Bertz CT molecular complexity index is 1600. The Kier molecular flexibility index (Phi) is 9.06. The van der Waals surface area contributed by atoms with E-state index in [9.17, 15) is 30.7 Å². The van der Waals surface area contributed by atoms with E-state index in [0.717, 1.165) is 36.2 Å². The maximum atomic E-state index is 14.9. The zero-order chi connectivity index (χ0) is 30.7. The number of benzene rings is 4. The lowest BCUT2D eigenvalue weighted by Gasteiger charge is -2.31. The van der Waals surface area contributed by atoms with E-state index < -0.39 is 46.9 Å². The van der Waals surface area contributed by atoms with Gasteiger partial charge in [0.15, 0.2) is 17.5 Å². The molecule has 0 heterocycles. The molecule has 8 heteroatoms. The Labute approximate surface area is 245 Å². The first kappa shape index (κ1) is 30.5. The molecule has 4 aromatic rings. The first-order valence-electron chi connectivity index (χ1n) is 14.1. The molecule has 0 spiro atoms. The third-order valence-corrected chi connectivity index (χ3v) is 7.82. The average Bonchev–Trinajstić information content (AvgIpc) is 2.98. The average molecular weight is 599 g/mol. The second-order valence-corrected chi connectivity index (χ2v) is 10.7. The molecule has 1 nitrogen and oxygen atoms in total. The van der Waals surface area contributed by atoms with Crippen LogP contribution in [0.5, 0.6) is 0 Å². The SMILES string of the molecule is CC/C=C/c1ccc(C(F)(F)OC2CCC(c3ccc(-c4ccc(-c5cc(F)c(F)c(F)c5)c(F)c4)cc3)CC2)c(F)c1. The zero-order valence-electron chi connectivity index (χ0n) is 23.3. The van der Waals surface area contributed by atoms with Crippen molar-refractivity contribution in [2.75, 3.05) is 0 Å². The Morgan fingerprint density at radius 2 is 1.33 bits per heavy atom. The van der Waals surface area contributed by atoms with Gasteiger partial charge in [-0.15, -0.1) is 0 Å². The molecule has 0 unspecified atom stereocenters. The van der Waals surface area contributed by atoms with E-state index >= 15 is 0 Å². The van der Waals surface area contributed by atoms with Crippen molar-refractivity contribution in [3.05, 3.63) is 125 Å². The lowest BCUT2D eigenvalue weighted by Crippen LogP contribution is -2.30. The van der Waals surface area contributed by atoms with Crippen molar-refractivity contribution in [1.82, 2.24) is 0 Å². The molecule has 0 aromatic heterocycles. The molecule has 4 aromatic carbocycles. The molecule has 43 heavy (non-hydrogen) atoms. The van der Waals surface area contributed by atoms with Gasteiger partial charge in [0.25, 0.3) is 0 Å². The highest BCUT2D eigenvalue weighted by Gasteiger charge is 2.39. The summed E-state index contributed by atoms with van der Waals surface area (Å²) in [4.78, 5) is 0. The summed E-state index contributed by atoms with van der Waals surface area (Å²) >= 11 is 0. The summed E-state index contributed by atoms with van der Waals surface area (Å²) in [6.07, 6.45) is 1.77. The molecule has 1 fully saturated rings. The van der Waals surface area contributed by atoms with Crippen LogP contribution in [0.25, 0.3) is 28.3 Å². The van der Waals surface area contributed by atoms with E-state index in [2.05, 4.69) is 0 Å². The molecular formula is C35H29F7O. The van der Waals surface area contributed by atoms with E-state index in [4.69, 9.17) is 4.74 Å². The summed E-state index contributed by atoms with van der Waals surface area (Å²) in [5.74, 6) is -6.02. The molecule has 0 amide bonds. The van der Waals surface area contributed by atoms with E-state index in [1.54, 1.807) is 12.1 Å². The zero-order valence-corrected chi connectivity index (χ0v) is 23.3. The maximum Gasteiger partial charge on any atom is 0.386 e. The summed E-state index contributed by atoms with van der Waals surface area (Å²) in [6.45, 7) is 1.92. The summed E-state index contributed by atoms with van der Waals surface area (Å²) < 4.78 is 105. The molecule has 224 valence electrons. The van der Waals surface area contributed by atoms with Crippen LogP contribution in [0.1, 0.15) is 61.6 Å². The Hall–Kier alpha value is -3.91. The summed E-state index contributed by atoms with van der Waals surface area (Å²) in [5, 5.41) is 0. The van der Waals surface area contributed by atoms with Crippen molar-refractivity contribution in [3.63, 3.8) is 0 Å². The van der Waals surface area contributed by atoms with Gasteiger partial charge >= 0.3 is 6.11 Å². The molecule has 0 radical (unpaired) electrons. The van der Waals surface area contributed by atoms with Gasteiger partial charge in [-0.1, -0.05) is 61.5 Å². The molecule has 0 atom stereocenters. The topological polar surface area (TPSA) is 9.23 Å². The van der Waals surface area contributed by atoms with Gasteiger partial charge in [-0.05, 0) is 96.2 Å². The minimum absolute atomic E-state index is 0.0633. The molecule has 0 aliphatic heterocycles. The van der Waals surface area contributed by atoms with Gasteiger partial charge in [0.2, 0.25) is 0 Å². The highest BCUT2D eigenvalue weighted by molar-refractivity contribution is 5.71. The molecule has 1 aliphatic carbocycles. The summed E-state index contributed by atoms with van der Waals surface area (Å²) in [7, 11) is 0. The van der Waals surface area contributed by atoms with Crippen molar-refractivity contribution in [2.45, 2.75) is 57.2 Å². The fourth-order valence-corrected chi connectivity index (χ4v) is 5.50. The maximum absolute atomic E-state index is 14.9. The second-order valence-electron chi connectivity index (χ2n) is 10.7. The highest BCUT2D eigenvalue weighted by atomic mass is 19.3. The van der Waals surface area contributed by atoms with Crippen molar-refractivity contribution < 1.29 is 35.5 Å².